The molecule has 1 fully saturated rings. The zero-order valence-corrected chi connectivity index (χ0v) is 18.2. The molecule has 3 heterocycles. The van der Waals surface area contributed by atoms with Gasteiger partial charge in [0.25, 0.3) is 11.8 Å². The van der Waals surface area contributed by atoms with Crippen LogP contribution >= 0.6 is 46.1 Å². The molecule has 150 valence electrons. The molecule has 4 rings (SSSR count). The van der Waals surface area contributed by atoms with Crippen LogP contribution in [0.5, 0.6) is 0 Å². The molecule has 0 saturated carbocycles. The Labute approximate surface area is 186 Å². The molecule has 1 aromatic carbocycles. The SMILES string of the molecule is O=C(NC1CCN(C(=O)c2ccncc2)CC1)c1sc2cc(Cl)cc(Cl)c2c1Cl. The van der Waals surface area contributed by atoms with E-state index in [-0.39, 0.29) is 17.9 Å². The van der Waals surface area contributed by atoms with Crippen LogP contribution in [0.15, 0.2) is 36.7 Å². The van der Waals surface area contributed by atoms with Crippen molar-refractivity contribution >= 4 is 68.0 Å². The van der Waals surface area contributed by atoms with Gasteiger partial charge in [0.05, 0.1) is 10.0 Å². The number of carbonyl (C=O) groups excluding carboxylic acids is 2. The lowest BCUT2D eigenvalue weighted by atomic mass is 10.0. The van der Waals surface area contributed by atoms with Crippen molar-refractivity contribution in [2.75, 3.05) is 13.1 Å². The Balaban J connectivity index is 1.42. The van der Waals surface area contributed by atoms with Gasteiger partial charge in [-0.15, -0.1) is 11.3 Å². The monoisotopic (exact) mass is 467 g/mol. The number of benzene rings is 1. The Morgan fingerprint density at radius 3 is 2.48 bits per heavy atom. The van der Waals surface area contributed by atoms with Gasteiger partial charge in [0.2, 0.25) is 0 Å². The second kappa shape index (κ2) is 8.48. The summed E-state index contributed by atoms with van der Waals surface area (Å²) in [6, 6.07) is 6.75. The van der Waals surface area contributed by atoms with Crippen molar-refractivity contribution in [2.45, 2.75) is 18.9 Å². The number of nitrogens with zero attached hydrogens (tertiary/aromatic N) is 2. The van der Waals surface area contributed by atoms with E-state index in [9.17, 15) is 9.59 Å². The molecule has 0 bridgehead atoms. The Bertz CT molecular complexity index is 1080. The van der Waals surface area contributed by atoms with E-state index in [1.54, 1.807) is 41.6 Å². The highest BCUT2D eigenvalue weighted by molar-refractivity contribution is 7.21. The number of likely N-dealkylation sites (tertiary alicyclic amines) is 1. The molecule has 0 atom stereocenters. The van der Waals surface area contributed by atoms with Gasteiger partial charge in [-0.05, 0) is 37.1 Å². The maximum atomic E-state index is 12.8. The summed E-state index contributed by atoms with van der Waals surface area (Å²) in [5.74, 6) is -0.251. The highest BCUT2D eigenvalue weighted by Crippen LogP contribution is 2.41. The van der Waals surface area contributed by atoms with Crippen LogP contribution in [0.25, 0.3) is 10.1 Å². The number of amides is 2. The fourth-order valence-electron chi connectivity index (χ4n) is 3.41. The zero-order valence-electron chi connectivity index (χ0n) is 15.1. The Hall–Kier alpha value is -1.86. The molecule has 0 aliphatic carbocycles. The van der Waals surface area contributed by atoms with E-state index < -0.39 is 0 Å². The number of fused-ring (bicyclic) bond motifs is 1. The van der Waals surface area contributed by atoms with E-state index in [1.165, 1.54) is 11.3 Å². The standard InChI is InChI=1S/C20H16Cl3N3O2S/c21-12-9-14(22)16-15(10-12)29-18(17(16)23)19(27)25-13-3-7-26(8-4-13)20(28)11-1-5-24-6-2-11/h1-2,5-6,9-10,13H,3-4,7-8H2,(H,25,27). The summed E-state index contributed by atoms with van der Waals surface area (Å²) in [5.41, 5.74) is 0.620. The highest BCUT2D eigenvalue weighted by Gasteiger charge is 2.26. The Morgan fingerprint density at radius 1 is 1.10 bits per heavy atom. The average molecular weight is 469 g/mol. The molecule has 1 aliphatic heterocycles. The van der Waals surface area contributed by atoms with Gasteiger partial charge in [-0.1, -0.05) is 34.8 Å². The fraction of sp³-hybridized carbons (Fsp3) is 0.250. The molecule has 29 heavy (non-hydrogen) atoms. The minimum atomic E-state index is -0.234. The molecule has 3 aromatic rings. The van der Waals surface area contributed by atoms with E-state index in [0.717, 1.165) is 4.70 Å². The lowest BCUT2D eigenvalue weighted by molar-refractivity contribution is 0.0698. The quantitative estimate of drug-likeness (QED) is 0.568. The van der Waals surface area contributed by atoms with E-state index in [2.05, 4.69) is 10.3 Å². The molecular formula is C20H16Cl3N3O2S. The number of hydrogen-bond acceptors (Lipinski definition) is 4. The van der Waals surface area contributed by atoms with Crippen molar-refractivity contribution < 1.29 is 9.59 Å². The predicted octanol–water partition coefficient (Wildman–Crippen LogP) is 5.29. The third kappa shape index (κ3) is 4.21. The number of rotatable bonds is 3. The van der Waals surface area contributed by atoms with Crippen LogP contribution in [0, 0.1) is 0 Å². The van der Waals surface area contributed by atoms with Gasteiger partial charge in [0.15, 0.2) is 0 Å². The number of piperidine rings is 1. The van der Waals surface area contributed by atoms with Crippen molar-refractivity contribution in [3.8, 4) is 0 Å². The van der Waals surface area contributed by atoms with Gasteiger partial charge in [-0.25, -0.2) is 0 Å². The van der Waals surface area contributed by atoms with Gasteiger partial charge in [-0.3, -0.25) is 14.6 Å². The first-order valence-electron chi connectivity index (χ1n) is 9.01. The normalized spacial score (nSPS) is 14.9. The summed E-state index contributed by atoms with van der Waals surface area (Å²) in [6.07, 6.45) is 4.57. The predicted molar refractivity (Wildman–Crippen MR) is 117 cm³/mol. The van der Waals surface area contributed by atoms with Gasteiger partial charge >= 0.3 is 0 Å². The summed E-state index contributed by atoms with van der Waals surface area (Å²) in [4.78, 5) is 31.5. The first-order valence-corrected chi connectivity index (χ1v) is 11.0. The number of carbonyl (C=O) groups is 2. The Kier molecular flexibility index (Phi) is 5.97. The summed E-state index contributed by atoms with van der Waals surface area (Å²) < 4.78 is 0.774. The molecule has 1 saturated heterocycles. The molecule has 0 spiro atoms. The number of hydrogen-bond donors (Lipinski definition) is 1. The highest BCUT2D eigenvalue weighted by atomic mass is 35.5. The van der Waals surface area contributed by atoms with E-state index in [4.69, 9.17) is 34.8 Å². The van der Waals surface area contributed by atoms with Crippen molar-refractivity contribution in [1.82, 2.24) is 15.2 Å². The molecular weight excluding hydrogens is 453 g/mol. The van der Waals surface area contributed by atoms with Crippen LogP contribution in [-0.2, 0) is 0 Å². The minimum Gasteiger partial charge on any atom is -0.348 e. The third-order valence-electron chi connectivity index (χ3n) is 4.90. The smallest absolute Gasteiger partial charge is 0.263 e. The topological polar surface area (TPSA) is 62.3 Å². The van der Waals surface area contributed by atoms with E-state index >= 15 is 0 Å². The van der Waals surface area contributed by atoms with E-state index in [0.29, 0.717) is 56.8 Å². The first kappa shape index (κ1) is 20.4. The zero-order chi connectivity index (χ0) is 20.5. The minimum absolute atomic E-state index is 0.0174. The molecule has 1 N–H and O–H groups in total. The molecule has 2 aromatic heterocycles. The van der Waals surface area contributed by atoms with E-state index in [1.807, 2.05) is 0 Å². The molecule has 1 aliphatic rings. The fourth-order valence-corrected chi connectivity index (χ4v) is 5.69. The van der Waals surface area contributed by atoms with Crippen molar-refractivity contribution in [3.05, 3.63) is 62.2 Å². The van der Waals surface area contributed by atoms with Crippen LogP contribution in [-0.4, -0.2) is 40.8 Å². The number of halogens is 3. The molecule has 0 unspecified atom stereocenters. The molecule has 9 heteroatoms. The van der Waals surface area contributed by atoms with Crippen LogP contribution in [0.4, 0.5) is 0 Å². The first-order chi connectivity index (χ1) is 13.9. The lowest BCUT2D eigenvalue weighted by Gasteiger charge is -2.32. The van der Waals surface area contributed by atoms with Crippen LogP contribution in [0.1, 0.15) is 32.9 Å². The number of nitrogens with one attached hydrogen (secondary N) is 1. The second-order valence-corrected chi connectivity index (χ2v) is 9.06. The van der Waals surface area contributed by atoms with Gasteiger partial charge in [0.1, 0.15) is 4.88 Å². The summed E-state index contributed by atoms with van der Waals surface area (Å²) >= 11 is 20.0. The maximum absolute atomic E-state index is 12.8. The maximum Gasteiger partial charge on any atom is 0.263 e. The molecule has 0 radical (unpaired) electrons. The van der Waals surface area contributed by atoms with Gasteiger partial charge in [0, 0.05) is 52.2 Å². The lowest BCUT2D eigenvalue weighted by Crippen LogP contribution is -2.46. The average Bonchev–Trinajstić information content (AvgIpc) is 3.05. The number of pyridine rings is 1. The van der Waals surface area contributed by atoms with Crippen molar-refractivity contribution in [3.63, 3.8) is 0 Å². The third-order valence-corrected chi connectivity index (χ3v) is 7.04. The van der Waals surface area contributed by atoms with Crippen molar-refractivity contribution in [1.29, 1.82) is 0 Å². The van der Waals surface area contributed by atoms with Gasteiger partial charge < -0.3 is 10.2 Å². The number of thiophene rings is 1. The van der Waals surface area contributed by atoms with Crippen LogP contribution in [0.2, 0.25) is 15.1 Å². The summed E-state index contributed by atoms with van der Waals surface area (Å²) in [5, 5.41) is 4.94. The Morgan fingerprint density at radius 2 is 1.79 bits per heavy atom. The molecule has 2 amide bonds. The largest absolute Gasteiger partial charge is 0.348 e. The van der Waals surface area contributed by atoms with Crippen molar-refractivity contribution in [2.24, 2.45) is 0 Å². The second-order valence-electron chi connectivity index (χ2n) is 6.78. The summed E-state index contributed by atoms with van der Waals surface area (Å²) in [6.45, 7) is 1.15. The number of aromatic nitrogens is 1. The summed E-state index contributed by atoms with van der Waals surface area (Å²) in [7, 11) is 0. The van der Waals surface area contributed by atoms with Crippen LogP contribution in [0.3, 0.4) is 0 Å². The van der Waals surface area contributed by atoms with Gasteiger partial charge in [-0.2, -0.15) is 0 Å². The molecule has 5 nitrogen and oxygen atoms in total. The van der Waals surface area contributed by atoms with Crippen LogP contribution < -0.4 is 5.32 Å².